The van der Waals surface area contributed by atoms with Gasteiger partial charge >= 0.3 is 12.1 Å². The highest BCUT2D eigenvalue weighted by Crippen LogP contribution is 2.28. The number of carbonyl (C=O) groups is 1. The van der Waals surface area contributed by atoms with Gasteiger partial charge in [-0.3, -0.25) is 0 Å². The first-order valence-electron chi connectivity index (χ1n) is 5.01. The van der Waals surface area contributed by atoms with Crippen molar-refractivity contribution in [1.82, 2.24) is 0 Å². The predicted octanol–water partition coefficient (Wildman–Crippen LogP) is 2.05. The van der Waals surface area contributed by atoms with Gasteiger partial charge in [0.05, 0.1) is 24.0 Å². The lowest BCUT2D eigenvalue weighted by Crippen LogP contribution is -2.31. The molecule has 0 radical (unpaired) electrons. The molecule has 0 amide bonds. The second-order valence-electron chi connectivity index (χ2n) is 3.70. The number of hydrogen-bond donors (Lipinski definition) is 1. The molecule has 0 aromatic heterocycles. The average Bonchev–Trinajstić information content (AvgIpc) is 2.26. The molecule has 0 unspecified atom stereocenters. The highest BCUT2D eigenvalue weighted by molar-refractivity contribution is 5.98. The number of benzene rings is 1. The van der Waals surface area contributed by atoms with E-state index in [1.54, 1.807) is 0 Å². The Morgan fingerprint density at radius 1 is 1.44 bits per heavy atom. The highest BCUT2D eigenvalue weighted by Gasteiger charge is 2.30. The lowest BCUT2D eigenvalue weighted by atomic mass is 10.1. The van der Waals surface area contributed by atoms with E-state index in [0.717, 1.165) is 4.90 Å². The van der Waals surface area contributed by atoms with Crippen molar-refractivity contribution in [3.63, 3.8) is 0 Å². The van der Waals surface area contributed by atoms with Gasteiger partial charge in [0.15, 0.2) is 0 Å². The molecule has 1 aromatic carbocycles. The minimum absolute atomic E-state index is 0.0314. The summed E-state index contributed by atoms with van der Waals surface area (Å²) in [7, 11) is 2.42. The van der Waals surface area contributed by atoms with Gasteiger partial charge in [-0.1, -0.05) is 6.07 Å². The molecule has 0 aliphatic heterocycles. The number of nitrogens with two attached hydrogens (primary N) is 1. The average molecular weight is 262 g/mol. The maximum Gasteiger partial charge on any atom is 0.405 e. The molecule has 2 N–H and O–H groups in total. The number of ether oxygens (including phenoxy) is 1. The normalized spacial score (nSPS) is 11.2. The number of carbonyl (C=O) groups excluding carboxylic acids is 1. The SMILES string of the molecule is COC(=O)c1cccc(N(C)CC(F)(F)F)c1N. The van der Waals surface area contributed by atoms with Crippen molar-refractivity contribution in [1.29, 1.82) is 0 Å². The van der Waals surface area contributed by atoms with Crippen LogP contribution in [0.2, 0.25) is 0 Å². The Morgan fingerprint density at radius 2 is 2.06 bits per heavy atom. The van der Waals surface area contributed by atoms with E-state index in [1.165, 1.54) is 32.4 Å². The van der Waals surface area contributed by atoms with Gasteiger partial charge in [-0.2, -0.15) is 13.2 Å². The van der Waals surface area contributed by atoms with E-state index in [9.17, 15) is 18.0 Å². The van der Waals surface area contributed by atoms with Crippen LogP contribution >= 0.6 is 0 Å². The Kier molecular flexibility index (Phi) is 4.05. The fraction of sp³-hybridized carbons (Fsp3) is 0.364. The molecular weight excluding hydrogens is 249 g/mol. The Hall–Kier alpha value is -1.92. The lowest BCUT2D eigenvalue weighted by molar-refractivity contribution is -0.119. The first kappa shape index (κ1) is 14.1. The molecule has 0 saturated carbocycles. The molecule has 1 rings (SSSR count). The first-order chi connectivity index (χ1) is 8.26. The van der Waals surface area contributed by atoms with Crippen LogP contribution in [0.3, 0.4) is 0 Å². The Labute approximate surface area is 102 Å². The molecule has 7 heteroatoms. The monoisotopic (exact) mass is 262 g/mol. The van der Waals surface area contributed by atoms with Crippen molar-refractivity contribution in [2.45, 2.75) is 6.18 Å². The van der Waals surface area contributed by atoms with Crippen LogP contribution in [0, 0.1) is 0 Å². The summed E-state index contributed by atoms with van der Waals surface area (Å²) in [5, 5.41) is 0. The Bertz CT molecular complexity index is 446. The zero-order valence-corrected chi connectivity index (χ0v) is 9.91. The van der Waals surface area contributed by atoms with Gasteiger partial charge in [-0.25, -0.2) is 4.79 Å². The zero-order valence-electron chi connectivity index (χ0n) is 9.91. The Morgan fingerprint density at radius 3 is 2.56 bits per heavy atom. The molecule has 4 nitrogen and oxygen atoms in total. The number of anilines is 2. The molecule has 0 aliphatic carbocycles. The number of esters is 1. The number of halogens is 3. The summed E-state index contributed by atoms with van der Waals surface area (Å²) in [5.41, 5.74) is 5.82. The van der Waals surface area contributed by atoms with E-state index >= 15 is 0 Å². The van der Waals surface area contributed by atoms with Crippen molar-refractivity contribution < 1.29 is 22.7 Å². The fourth-order valence-corrected chi connectivity index (χ4v) is 1.53. The van der Waals surface area contributed by atoms with Crippen LogP contribution < -0.4 is 10.6 Å². The van der Waals surface area contributed by atoms with Crippen molar-refractivity contribution in [3.05, 3.63) is 23.8 Å². The second-order valence-corrected chi connectivity index (χ2v) is 3.70. The molecule has 0 bridgehead atoms. The first-order valence-corrected chi connectivity index (χ1v) is 5.01. The topological polar surface area (TPSA) is 55.6 Å². The number of rotatable bonds is 3. The van der Waals surface area contributed by atoms with Gasteiger partial charge in [-0.05, 0) is 12.1 Å². The minimum atomic E-state index is -4.34. The molecule has 0 aliphatic rings. The highest BCUT2D eigenvalue weighted by atomic mass is 19.4. The molecule has 18 heavy (non-hydrogen) atoms. The second kappa shape index (κ2) is 5.16. The van der Waals surface area contributed by atoms with Crippen LogP contribution in [0.25, 0.3) is 0 Å². The van der Waals surface area contributed by atoms with Crippen molar-refractivity contribution in [2.24, 2.45) is 0 Å². The van der Waals surface area contributed by atoms with Crippen LogP contribution in [0.1, 0.15) is 10.4 Å². The molecule has 0 fully saturated rings. The van der Waals surface area contributed by atoms with Gasteiger partial charge in [0.1, 0.15) is 6.54 Å². The van der Waals surface area contributed by atoms with Crippen LogP contribution in [-0.2, 0) is 4.74 Å². The number of nitrogen functional groups attached to an aromatic ring is 1. The van der Waals surface area contributed by atoms with E-state index in [4.69, 9.17) is 5.73 Å². The molecular formula is C11H13F3N2O2. The largest absolute Gasteiger partial charge is 0.465 e. The third-order valence-electron chi connectivity index (χ3n) is 2.32. The quantitative estimate of drug-likeness (QED) is 0.669. The summed E-state index contributed by atoms with van der Waals surface area (Å²) < 4.78 is 41.3. The van der Waals surface area contributed by atoms with Gasteiger partial charge in [0, 0.05) is 7.05 Å². The number of hydrogen-bond acceptors (Lipinski definition) is 4. The maximum absolute atomic E-state index is 12.3. The van der Waals surface area contributed by atoms with E-state index in [1.807, 2.05) is 0 Å². The predicted molar refractivity (Wildman–Crippen MR) is 61.5 cm³/mol. The van der Waals surface area contributed by atoms with Crippen LogP contribution in [0.4, 0.5) is 24.5 Å². The van der Waals surface area contributed by atoms with E-state index in [0.29, 0.717) is 0 Å². The summed E-state index contributed by atoms with van der Waals surface area (Å²) in [6, 6.07) is 4.25. The van der Waals surface area contributed by atoms with E-state index in [2.05, 4.69) is 4.74 Å². The van der Waals surface area contributed by atoms with Crippen LogP contribution in [0.5, 0.6) is 0 Å². The van der Waals surface area contributed by atoms with Crippen LogP contribution in [0.15, 0.2) is 18.2 Å². The Balaban J connectivity index is 3.07. The number of methoxy groups -OCH3 is 1. The minimum Gasteiger partial charge on any atom is -0.465 e. The lowest BCUT2D eigenvalue weighted by Gasteiger charge is -2.23. The standard InChI is InChI=1S/C11H13F3N2O2/c1-16(6-11(12,13)14)8-5-3-4-7(9(8)15)10(17)18-2/h3-5H,6,15H2,1-2H3. The maximum atomic E-state index is 12.3. The summed E-state index contributed by atoms with van der Waals surface area (Å²) in [6.45, 7) is -1.15. The molecule has 0 spiro atoms. The molecule has 100 valence electrons. The van der Waals surface area contributed by atoms with Gasteiger partial charge in [0.2, 0.25) is 0 Å². The third kappa shape index (κ3) is 3.28. The summed E-state index contributed by atoms with van der Waals surface area (Å²) >= 11 is 0. The smallest absolute Gasteiger partial charge is 0.405 e. The van der Waals surface area contributed by atoms with E-state index < -0.39 is 18.7 Å². The molecule has 0 heterocycles. The fourth-order valence-electron chi connectivity index (χ4n) is 1.53. The van der Waals surface area contributed by atoms with Gasteiger partial charge in [-0.15, -0.1) is 0 Å². The number of alkyl halides is 3. The summed E-state index contributed by atoms with van der Waals surface area (Å²) in [5.74, 6) is -0.685. The number of para-hydroxylation sites is 1. The summed E-state index contributed by atoms with van der Waals surface area (Å²) in [6.07, 6.45) is -4.34. The zero-order chi connectivity index (χ0) is 13.9. The number of nitrogens with zero attached hydrogens (tertiary/aromatic N) is 1. The van der Waals surface area contributed by atoms with Crippen LogP contribution in [-0.4, -0.2) is 32.8 Å². The van der Waals surface area contributed by atoms with Gasteiger partial charge < -0.3 is 15.4 Å². The van der Waals surface area contributed by atoms with Crippen molar-refractivity contribution in [3.8, 4) is 0 Å². The molecule has 0 saturated heterocycles. The molecule has 0 atom stereocenters. The van der Waals surface area contributed by atoms with Crippen molar-refractivity contribution >= 4 is 17.3 Å². The summed E-state index contributed by atoms with van der Waals surface area (Å²) in [4.78, 5) is 12.3. The van der Waals surface area contributed by atoms with Crippen molar-refractivity contribution in [2.75, 3.05) is 31.3 Å². The van der Waals surface area contributed by atoms with E-state index in [-0.39, 0.29) is 16.9 Å². The molecule has 1 aromatic rings. The third-order valence-corrected chi connectivity index (χ3v) is 2.32. The van der Waals surface area contributed by atoms with Gasteiger partial charge in [0.25, 0.3) is 0 Å².